The van der Waals surface area contributed by atoms with Gasteiger partial charge < -0.3 is 20.5 Å². The SMILES string of the molecule is COc1ccc(-c2c(C(=O)O)sc3c2NC(=O)C[C@@]32C(=O)Nc3cc(F)ccc32)cc1. The van der Waals surface area contributed by atoms with E-state index in [1.807, 2.05) is 0 Å². The standard InChI is InChI=1S/C22H15FN2O5S/c1-30-12-5-2-10(3-6-12)16-17-19(31-18(16)20(27)28)22(9-15(26)25-17)13-7-4-11(23)8-14(13)24-21(22)29/h2-8H,9H2,1H3,(H,24,29)(H,25,26)(H,27,28)/t22-/m0/s1. The highest BCUT2D eigenvalue weighted by atomic mass is 32.1. The Hall–Kier alpha value is -3.72. The van der Waals surface area contributed by atoms with Crippen molar-refractivity contribution in [1.29, 1.82) is 0 Å². The summed E-state index contributed by atoms with van der Waals surface area (Å²) in [7, 11) is 1.52. The number of thiophene rings is 1. The Morgan fingerprint density at radius 3 is 2.58 bits per heavy atom. The van der Waals surface area contributed by atoms with Gasteiger partial charge in [0.1, 0.15) is 21.9 Å². The summed E-state index contributed by atoms with van der Waals surface area (Å²) in [6.07, 6.45) is -0.202. The molecule has 2 aromatic carbocycles. The highest BCUT2D eigenvalue weighted by Crippen LogP contribution is 2.56. The number of nitrogens with one attached hydrogen (secondary N) is 2. The minimum absolute atomic E-state index is 0.0000958. The lowest BCUT2D eigenvalue weighted by molar-refractivity contribution is -0.125. The third kappa shape index (κ3) is 2.66. The molecular formula is C22H15FN2O5S. The molecule has 3 heterocycles. The van der Waals surface area contributed by atoms with Gasteiger partial charge in [0.2, 0.25) is 11.8 Å². The van der Waals surface area contributed by atoms with E-state index in [0.717, 1.165) is 11.3 Å². The van der Waals surface area contributed by atoms with E-state index in [1.54, 1.807) is 24.3 Å². The maximum absolute atomic E-state index is 13.8. The van der Waals surface area contributed by atoms with Gasteiger partial charge in [0.25, 0.3) is 0 Å². The molecule has 5 rings (SSSR count). The van der Waals surface area contributed by atoms with Crippen LogP contribution in [-0.2, 0) is 15.0 Å². The Labute approximate surface area is 179 Å². The Bertz CT molecular complexity index is 1280. The van der Waals surface area contributed by atoms with E-state index in [-0.39, 0.29) is 22.7 Å². The van der Waals surface area contributed by atoms with Gasteiger partial charge in [0, 0.05) is 11.3 Å². The molecule has 0 saturated carbocycles. The van der Waals surface area contributed by atoms with Gasteiger partial charge in [-0.05, 0) is 35.4 Å². The zero-order valence-corrected chi connectivity index (χ0v) is 16.9. The second kappa shape index (κ2) is 6.64. The average Bonchev–Trinajstić information content (AvgIpc) is 3.24. The third-order valence-corrected chi connectivity index (χ3v) is 6.98. The Morgan fingerprint density at radius 2 is 1.90 bits per heavy atom. The van der Waals surface area contributed by atoms with Crippen molar-refractivity contribution in [3.8, 4) is 16.9 Å². The van der Waals surface area contributed by atoms with Crippen LogP contribution in [0, 0.1) is 5.82 Å². The number of aromatic carboxylic acids is 1. The minimum atomic E-state index is -1.42. The van der Waals surface area contributed by atoms with Gasteiger partial charge in [-0.15, -0.1) is 11.3 Å². The molecule has 1 spiro atoms. The van der Waals surface area contributed by atoms with Crippen molar-refractivity contribution in [2.24, 2.45) is 0 Å². The number of amides is 2. The number of rotatable bonds is 3. The summed E-state index contributed by atoms with van der Waals surface area (Å²) in [6, 6.07) is 10.7. The Balaban J connectivity index is 1.80. The van der Waals surface area contributed by atoms with E-state index >= 15 is 0 Å². The van der Waals surface area contributed by atoms with Crippen molar-refractivity contribution in [1.82, 2.24) is 0 Å². The predicted octanol–water partition coefficient (Wildman–Crippen LogP) is 3.84. The zero-order chi connectivity index (χ0) is 21.9. The fraction of sp³-hybridized carbons (Fsp3) is 0.136. The van der Waals surface area contributed by atoms with Crippen LogP contribution in [0.3, 0.4) is 0 Å². The molecule has 1 atom stereocenters. The molecule has 0 fully saturated rings. The van der Waals surface area contributed by atoms with Crippen LogP contribution in [0.25, 0.3) is 11.1 Å². The minimum Gasteiger partial charge on any atom is -0.497 e. The Morgan fingerprint density at radius 1 is 1.16 bits per heavy atom. The van der Waals surface area contributed by atoms with Gasteiger partial charge in [-0.2, -0.15) is 0 Å². The largest absolute Gasteiger partial charge is 0.497 e. The number of carbonyl (C=O) groups excluding carboxylic acids is 2. The number of carboxylic acids is 1. The maximum Gasteiger partial charge on any atom is 0.346 e. The lowest BCUT2D eigenvalue weighted by Gasteiger charge is -2.31. The maximum atomic E-state index is 13.8. The van der Waals surface area contributed by atoms with E-state index in [0.29, 0.717) is 27.3 Å². The lowest BCUT2D eigenvalue weighted by atomic mass is 9.74. The molecule has 2 aliphatic heterocycles. The molecule has 31 heavy (non-hydrogen) atoms. The summed E-state index contributed by atoms with van der Waals surface area (Å²) in [5.74, 6) is -2.01. The van der Waals surface area contributed by atoms with Crippen LogP contribution in [0.15, 0.2) is 42.5 Å². The summed E-state index contributed by atoms with van der Waals surface area (Å²) < 4.78 is 18.9. The van der Waals surface area contributed by atoms with Crippen molar-refractivity contribution in [3.63, 3.8) is 0 Å². The van der Waals surface area contributed by atoms with Gasteiger partial charge in [-0.25, -0.2) is 9.18 Å². The number of anilines is 2. The van der Waals surface area contributed by atoms with E-state index in [2.05, 4.69) is 10.6 Å². The topological polar surface area (TPSA) is 105 Å². The molecule has 156 valence electrons. The van der Waals surface area contributed by atoms with Crippen LogP contribution in [0.4, 0.5) is 15.8 Å². The monoisotopic (exact) mass is 438 g/mol. The molecule has 0 aliphatic carbocycles. The van der Waals surface area contributed by atoms with Gasteiger partial charge >= 0.3 is 5.97 Å². The molecule has 9 heteroatoms. The second-order valence-corrected chi connectivity index (χ2v) is 8.34. The van der Waals surface area contributed by atoms with E-state index < -0.39 is 29.0 Å². The zero-order valence-electron chi connectivity index (χ0n) is 16.1. The van der Waals surface area contributed by atoms with Gasteiger partial charge in [-0.3, -0.25) is 9.59 Å². The number of ether oxygens (including phenoxy) is 1. The first-order valence-electron chi connectivity index (χ1n) is 9.31. The number of hydrogen-bond acceptors (Lipinski definition) is 5. The number of fused-ring (bicyclic) bond motifs is 4. The van der Waals surface area contributed by atoms with Crippen LogP contribution < -0.4 is 15.4 Å². The van der Waals surface area contributed by atoms with E-state index in [4.69, 9.17) is 4.74 Å². The number of benzene rings is 2. The summed E-state index contributed by atoms with van der Waals surface area (Å²) in [4.78, 5) is 38.4. The first kappa shape index (κ1) is 19.3. The van der Waals surface area contributed by atoms with Gasteiger partial charge in [0.15, 0.2) is 0 Å². The van der Waals surface area contributed by atoms with Crippen molar-refractivity contribution >= 4 is 40.5 Å². The molecule has 2 amide bonds. The fourth-order valence-electron chi connectivity index (χ4n) is 4.28. The van der Waals surface area contributed by atoms with Crippen LogP contribution >= 0.6 is 11.3 Å². The van der Waals surface area contributed by atoms with E-state index in [1.165, 1.54) is 25.3 Å². The molecule has 1 aromatic heterocycles. The van der Waals surface area contributed by atoms with E-state index in [9.17, 15) is 23.9 Å². The number of hydrogen-bond donors (Lipinski definition) is 3. The molecule has 0 bridgehead atoms. The molecule has 3 N–H and O–H groups in total. The normalized spacial score (nSPS) is 18.9. The number of halogens is 1. The van der Waals surface area contributed by atoms with Crippen molar-refractivity contribution in [3.05, 3.63) is 63.6 Å². The van der Waals surface area contributed by atoms with Crippen LogP contribution in [0.2, 0.25) is 0 Å². The Kier molecular flexibility index (Phi) is 4.13. The molecular weight excluding hydrogens is 423 g/mol. The predicted molar refractivity (Wildman–Crippen MR) is 112 cm³/mol. The van der Waals surface area contributed by atoms with Gasteiger partial charge in [0.05, 0.1) is 24.1 Å². The summed E-state index contributed by atoms with van der Waals surface area (Å²) in [5.41, 5.74) is 0.490. The van der Waals surface area contributed by atoms with Crippen molar-refractivity contribution in [2.75, 3.05) is 17.7 Å². The molecule has 0 unspecified atom stereocenters. The number of methoxy groups -OCH3 is 1. The fourth-order valence-corrected chi connectivity index (χ4v) is 5.60. The summed E-state index contributed by atoms with van der Waals surface area (Å²) >= 11 is 0.944. The number of carbonyl (C=O) groups is 3. The highest BCUT2D eigenvalue weighted by molar-refractivity contribution is 7.15. The smallest absolute Gasteiger partial charge is 0.346 e. The lowest BCUT2D eigenvalue weighted by Crippen LogP contribution is -2.42. The number of carboxylic acid groups (broad SMARTS) is 1. The quantitative estimate of drug-likeness (QED) is 0.576. The molecule has 3 aromatic rings. The summed E-state index contributed by atoms with van der Waals surface area (Å²) in [5, 5.41) is 15.3. The van der Waals surface area contributed by atoms with Crippen LogP contribution in [0.5, 0.6) is 5.75 Å². The molecule has 0 radical (unpaired) electrons. The first-order chi connectivity index (χ1) is 14.8. The third-order valence-electron chi connectivity index (χ3n) is 5.64. The molecule has 7 nitrogen and oxygen atoms in total. The first-order valence-corrected chi connectivity index (χ1v) is 10.1. The molecule has 2 aliphatic rings. The van der Waals surface area contributed by atoms with Crippen LogP contribution in [-0.4, -0.2) is 30.0 Å². The van der Waals surface area contributed by atoms with Crippen molar-refractivity contribution in [2.45, 2.75) is 11.8 Å². The van der Waals surface area contributed by atoms with Gasteiger partial charge in [-0.1, -0.05) is 18.2 Å². The van der Waals surface area contributed by atoms with Crippen molar-refractivity contribution < 1.29 is 28.6 Å². The van der Waals surface area contributed by atoms with Crippen LogP contribution in [0.1, 0.15) is 26.5 Å². The second-order valence-electron chi connectivity index (χ2n) is 7.32. The average molecular weight is 438 g/mol. The molecule has 0 saturated heterocycles. The summed E-state index contributed by atoms with van der Waals surface area (Å²) in [6.45, 7) is 0. The highest BCUT2D eigenvalue weighted by Gasteiger charge is 2.55.